The summed E-state index contributed by atoms with van der Waals surface area (Å²) >= 11 is 0.316. The minimum absolute atomic E-state index is 0.232. The van der Waals surface area contributed by atoms with Crippen molar-refractivity contribution in [2.24, 2.45) is 0 Å². The molecule has 27 heavy (non-hydrogen) atoms. The van der Waals surface area contributed by atoms with Crippen LogP contribution in [0.2, 0.25) is 11.1 Å². The molecule has 1 aromatic rings. The van der Waals surface area contributed by atoms with Crippen LogP contribution in [0, 0.1) is 0 Å². The average Bonchev–Trinajstić information content (AvgIpc) is 2.56. The van der Waals surface area contributed by atoms with Gasteiger partial charge in [0.1, 0.15) is 0 Å². The zero-order valence-electron chi connectivity index (χ0n) is 16.2. The standard InChI is InChI=1S/C19H28N2O5Se/c1-19(2,3)26-18(25)21-15(12-13-8-6-5-7-9-13)16(22)20-14(17(23)24)10-11-27-4/h5-9,14-15H,10-12H2,1-4H3,(H,20,22)(H,21,25)(H,23,24). The maximum absolute atomic E-state index is 12.7. The van der Waals surface area contributed by atoms with Crippen molar-refractivity contribution in [1.82, 2.24) is 10.6 Å². The summed E-state index contributed by atoms with van der Waals surface area (Å²) in [6.07, 6.45) is -0.125. The van der Waals surface area contributed by atoms with Crippen LogP contribution in [0.4, 0.5) is 4.79 Å². The summed E-state index contributed by atoms with van der Waals surface area (Å²) in [7, 11) is 0. The third-order valence-corrected chi connectivity index (χ3v) is 4.87. The number of carboxylic acid groups (broad SMARTS) is 1. The first-order valence-corrected chi connectivity index (χ1v) is 11.6. The van der Waals surface area contributed by atoms with E-state index >= 15 is 0 Å². The molecule has 0 heterocycles. The Morgan fingerprint density at radius 3 is 2.26 bits per heavy atom. The summed E-state index contributed by atoms with van der Waals surface area (Å²) in [6, 6.07) is 7.29. The molecule has 1 aromatic carbocycles. The Labute approximate surface area is 166 Å². The molecule has 0 radical (unpaired) electrons. The van der Waals surface area contributed by atoms with Crippen molar-refractivity contribution in [3.8, 4) is 0 Å². The number of ether oxygens (including phenoxy) is 1. The zero-order valence-corrected chi connectivity index (χ0v) is 17.9. The van der Waals surface area contributed by atoms with Gasteiger partial charge in [0, 0.05) is 0 Å². The maximum atomic E-state index is 12.7. The van der Waals surface area contributed by atoms with Crippen LogP contribution in [0.3, 0.4) is 0 Å². The van der Waals surface area contributed by atoms with Gasteiger partial charge in [0.05, 0.1) is 0 Å². The molecule has 0 saturated carbocycles. The van der Waals surface area contributed by atoms with Crippen molar-refractivity contribution in [2.45, 2.75) is 62.4 Å². The molecule has 0 aliphatic rings. The van der Waals surface area contributed by atoms with E-state index in [1.54, 1.807) is 20.8 Å². The predicted octanol–water partition coefficient (Wildman–Crippen LogP) is 2.25. The molecule has 0 fully saturated rings. The van der Waals surface area contributed by atoms with Gasteiger partial charge in [0.25, 0.3) is 0 Å². The van der Waals surface area contributed by atoms with Crippen LogP contribution < -0.4 is 10.6 Å². The van der Waals surface area contributed by atoms with Gasteiger partial charge < -0.3 is 0 Å². The SMILES string of the molecule is C[Se]CCC(NC(=O)C(Cc1ccccc1)NC(=O)OC(C)(C)C)C(=O)O. The first-order chi connectivity index (χ1) is 12.6. The van der Waals surface area contributed by atoms with E-state index in [4.69, 9.17) is 4.74 Å². The fourth-order valence-electron chi connectivity index (χ4n) is 2.27. The van der Waals surface area contributed by atoms with Gasteiger partial charge in [-0.3, -0.25) is 0 Å². The topological polar surface area (TPSA) is 105 Å². The van der Waals surface area contributed by atoms with Crippen molar-refractivity contribution in [2.75, 3.05) is 0 Å². The Bertz CT molecular complexity index is 631. The second kappa shape index (κ2) is 10.9. The van der Waals surface area contributed by atoms with Gasteiger partial charge in [-0.2, -0.15) is 0 Å². The summed E-state index contributed by atoms with van der Waals surface area (Å²) in [4.78, 5) is 36.2. The van der Waals surface area contributed by atoms with E-state index in [9.17, 15) is 19.5 Å². The van der Waals surface area contributed by atoms with Crippen LogP contribution >= 0.6 is 0 Å². The molecule has 0 saturated heterocycles. The average molecular weight is 443 g/mol. The summed E-state index contributed by atoms with van der Waals surface area (Å²) in [5, 5.41) is 15.2. The van der Waals surface area contributed by atoms with Crippen LogP contribution in [0.5, 0.6) is 0 Å². The number of benzene rings is 1. The van der Waals surface area contributed by atoms with Gasteiger partial charge in [-0.05, 0) is 0 Å². The molecule has 8 heteroatoms. The fraction of sp³-hybridized carbons (Fsp3) is 0.526. The van der Waals surface area contributed by atoms with E-state index in [-0.39, 0.29) is 6.42 Å². The van der Waals surface area contributed by atoms with E-state index in [1.807, 2.05) is 36.2 Å². The fourth-order valence-corrected chi connectivity index (χ4v) is 3.26. The summed E-state index contributed by atoms with van der Waals surface area (Å²) in [5.41, 5.74) is 0.141. The Kier molecular flexibility index (Phi) is 9.32. The summed E-state index contributed by atoms with van der Waals surface area (Å²) < 4.78 is 5.23. The minimum atomic E-state index is -1.08. The van der Waals surface area contributed by atoms with Gasteiger partial charge in [0.15, 0.2) is 0 Å². The van der Waals surface area contributed by atoms with Crippen LogP contribution in [-0.2, 0) is 20.7 Å². The molecule has 0 aliphatic heterocycles. The molecule has 7 nitrogen and oxygen atoms in total. The van der Waals surface area contributed by atoms with E-state index < -0.39 is 35.7 Å². The van der Waals surface area contributed by atoms with Gasteiger partial charge in [0.2, 0.25) is 0 Å². The first-order valence-electron chi connectivity index (χ1n) is 8.68. The summed E-state index contributed by atoms with van der Waals surface area (Å²) in [5.74, 6) is 0.389. The number of hydrogen-bond donors (Lipinski definition) is 3. The van der Waals surface area contributed by atoms with Gasteiger partial charge >= 0.3 is 166 Å². The molecule has 0 aliphatic carbocycles. The van der Waals surface area contributed by atoms with Gasteiger partial charge in [-0.15, -0.1) is 0 Å². The van der Waals surface area contributed by atoms with Crippen molar-refractivity contribution >= 4 is 32.9 Å². The summed E-state index contributed by atoms with van der Waals surface area (Å²) in [6.45, 7) is 5.18. The van der Waals surface area contributed by atoms with Gasteiger partial charge in [-0.1, -0.05) is 0 Å². The Balaban J connectivity index is 2.89. The molecule has 0 spiro atoms. The molecule has 2 atom stereocenters. The van der Waals surface area contributed by atoms with E-state index in [1.165, 1.54) is 0 Å². The van der Waals surface area contributed by atoms with E-state index in [0.717, 1.165) is 10.9 Å². The van der Waals surface area contributed by atoms with Crippen molar-refractivity contribution in [3.63, 3.8) is 0 Å². The number of rotatable bonds is 9. The second-order valence-corrected chi connectivity index (χ2v) is 9.14. The van der Waals surface area contributed by atoms with E-state index in [2.05, 4.69) is 10.6 Å². The number of carbonyl (C=O) groups is 3. The quantitative estimate of drug-likeness (QED) is 0.508. The third-order valence-electron chi connectivity index (χ3n) is 3.52. The molecular weight excluding hydrogens is 415 g/mol. The Hall–Kier alpha value is -2.05. The van der Waals surface area contributed by atoms with Crippen molar-refractivity contribution in [1.29, 1.82) is 0 Å². The normalized spacial score (nSPS) is 13.3. The van der Waals surface area contributed by atoms with Crippen LogP contribution in [0.15, 0.2) is 30.3 Å². The monoisotopic (exact) mass is 444 g/mol. The Morgan fingerprint density at radius 2 is 1.74 bits per heavy atom. The van der Waals surface area contributed by atoms with Gasteiger partial charge in [-0.25, -0.2) is 0 Å². The zero-order chi connectivity index (χ0) is 20.4. The number of carbonyl (C=O) groups excluding carboxylic acids is 2. The van der Waals surface area contributed by atoms with Crippen molar-refractivity contribution < 1.29 is 24.2 Å². The van der Waals surface area contributed by atoms with Crippen LogP contribution in [0.25, 0.3) is 0 Å². The molecule has 150 valence electrons. The molecular formula is C19H28N2O5Se. The third kappa shape index (κ3) is 9.45. The number of nitrogens with one attached hydrogen (secondary N) is 2. The van der Waals surface area contributed by atoms with Crippen LogP contribution in [-0.4, -0.2) is 55.7 Å². The predicted molar refractivity (Wildman–Crippen MR) is 104 cm³/mol. The molecule has 0 bridgehead atoms. The number of alkyl carbamates (subject to hydrolysis) is 1. The van der Waals surface area contributed by atoms with Crippen molar-refractivity contribution in [3.05, 3.63) is 35.9 Å². The number of hydrogen-bond acceptors (Lipinski definition) is 4. The second-order valence-electron chi connectivity index (χ2n) is 7.07. The molecule has 2 unspecified atom stereocenters. The van der Waals surface area contributed by atoms with Crippen LogP contribution in [0.1, 0.15) is 32.8 Å². The molecule has 0 aromatic heterocycles. The first kappa shape index (κ1) is 23.0. The molecule has 2 amide bonds. The van der Waals surface area contributed by atoms with E-state index in [0.29, 0.717) is 21.4 Å². The number of carboxylic acids is 1. The molecule has 1 rings (SSSR count). The number of aliphatic carboxylic acids is 1. The molecule has 3 N–H and O–H groups in total. The Morgan fingerprint density at radius 1 is 1.11 bits per heavy atom. The number of amides is 2.